The van der Waals surface area contributed by atoms with Crippen LogP contribution in [0.25, 0.3) is 10.9 Å². The summed E-state index contributed by atoms with van der Waals surface area (Å²) in [5.74, 6) is 0.250. The lowest BCUT2D eigenvalue weighted by Crippen LogP contribution is -2.11. The maximum Gasteiger partial charge on any atom is 0.341 e. The van der Waals surface area contributed by atoms with Crippen molar-refractivity contribution < 1.29 is 12.6 Å². The standard InChI is InChI=1S/C17H14BrNO3S/c1-11-6-7-15(14(18)9-11)22-23(20,21)16-5-3-4-13-8-12(2)10-19-17(13)16/h3-10H,1-2H3. The molecule has 0 radical (unpaired) electrons. The summed E-state index contributed by atoms with van der Waals surface area (Å²) in [6.45, 7) is 3.83. The smallest absolute Gasteiger partial charge is 0.341 e. The van der Waals surface area contributed by atoms with E-state index in [4.69, 9.17) is 4.18 Å². The fourth-order valence-electron chi connectivity index (χ4n) is 2.28. The van der Waals surface area contributed by atoms with E-state index in [1.165, 1.54) is 6.07 Å². The van der Waals surface area contributed by atoms with Gasteiger partial charge in [0.05, 0.1) is 9.99 Å². The molecule has 1 aromatic heterocycles. The van der Waals surface area contributed by atoms with Crippen LogP contribution in [0.3, 0.4) is 0 Å². The molecule has 23 heavy (non-hydrogen) atoms. The van der Waals surface area contributed by atoms with Crippen LogP contribution in [0, 0.1) is 13.8 Å². The summed E-state index contributed by atoms with van der Waals surface area (Å²) < 4.78 is 31.2. The normalized spacial score (nSPS) is 11.6. The van der Waals surface area contributed by atoms with Crippen LogP contribution in [-0.4, -0.2) is 13.4 Å². The number of aromatic nitrogens is 1. The summed E-state index contributed by atoms with van der Waals surface area (Å²) in [5.41, 5.74) is 2.37. The van der Waals surface area contributed by atoms with E-state index in [0.717, 1.165) is 16.5 Å². The molecule has 2 aromatic carbocycles. The van der Waals surface area contributed by atoms with Crippen molar-refractivity contribution >= 4 is 37.0 Å². The fraction of sp³-hybridized carbons (Fsp3) is 0.118. The molecular formula is C17H14BrNO3S. The highest BCUT2D eigenvalue weighted by atomic mass is 79.9. The first kappa shape index (κ1) is 16.0. The predicted molar refractivity (Wildman–Crippen MR) is 93.2 cm³/mol. The van der Waals surface area contributed by atoms with Crippen LogP contribution < -0.4 is 4.18 Å². The molecule has 0 aliphatic carbocycles. The van der Waals surface area contributed by atoms with Gasteiger partial charge in [-0.2, -0.15) is 8.42 Å². The molecule has 0 saturated heterocycles. The highest BCUT2D eigenvalue weighted by Crippen LogP contribution is 2.30. The molecule has 6 heteroatoms. The van der Waals surface area contributed by atoms with Crippen molar-refractivity contribution in [2.75, 3.05) is 0 Å². The van der Waals surface area contributed by atoms with Gasteiger partial charge in [0.2, 0.25) is 0 Å². The van der Waals surface area contributed by atoms with Crippen molar-refractivity contribution in [2.24, 2.45) is 0 Å². The molecule has 0 unspecified atom stereocenters. The van der Waals surface area contributed by atoms with Crippen LogP contribution in [0.1, 0.15) is 11.1 Å². The van der Waals surface area contributed by atoms with Gasteiger partial charge in [0.25, 0.3) is 0 Å². The van der Waals surface area contributed by atoms with E-state index < -0.39 is 10.1 Å². The van der Waals surface area contributed by atoms with Crippen molar-refractivity contribution in [3.63, 3.8) is 0 Å². The van der Waals surface area contributed by atoms with E-state index in [-0.39, 0.29) is 10.6 Å². The van der Waals surface area contributed by atoms with Gasteiger partial charge in [0, 0.05) is 11.6 Å². The lowest BCUT2D eigenvalue weighted by atomic mass is 10.2. The summed E-state index contributed by atoms with van der Waals surface area (Å²) in [7, 11) is -3.98. The van der Waals surface area contributed by atoms with Gasteiger partial charge >= 0.3 is 10.1 Å². The highest BCUT2D eigenvalue weighted by Gasteiger charge is 2.21. The third-order valence-corrected chi connectivity index (χ3v) is 5.25. The monoisotopic (exact) mass is 391 g/mol. The number of aryl methyl sites for hydroxylation is 2. The SMILES string of the molecule is Cc1ccc(OS(=O)(=O)c2cccc3cc(C)cnc23)c(Br)c1. The number of fused-ring (bicyclic) bond motifs is 1. The average molecular weight is 392 g/mol. The maximum absolute atomic E-state index is 12.7. The molecule has 0 saturated carbocycles. The molecule has 1 heterocycles. The Morgan fingerprint density at radius 1 is 1.04 bits per heavy atom. The predicted octanol–water partition coefficient (Wildman–Crippen LogP) is 4.38. The third kappa shape index (κ3) is 3.23. The van der Waals surface area contributed by atoms with Crippen molar-refractivity contribution in [3.05, 3.63) is 64.3 Å². The first-order chi connectivity index (χ1) is 10.9. The van der Waals surface area contributed by atoms with E-state index in [1.807, 2.05) is 26.0 Å². The lowest BCUT2D eigenvalue weighted by molar-refractivity contribution is 0.485. The van der Waals surface area contributed by atoms with Crippen LogP contribution in [0.15, 0.2) is 58.0 Å². The number of halogens is 1. The van der Waals surface area contributed by atoms with Crippen molar-refractivity contribution in [1.29, 1.82) is 0 Å². The van der Waals surface area contributed by atoms with E-state index in [9.17, 15) is 8.42 Å². The number of pyridine rings is 1. The van der Waals surface area contributed by atoms with Gasteiger partial charge in [-0.3, -0.25) is 4.98 Å². The van der Waals surface area contributed by atoms with Crippen molar-refractivity contribution in [1.82, 2.24) is 4.98 Å². The quantitative estimate of drug-likeness (QED) is 0.621. The summed E-state index contributed by atoms with van der Waals surface area (Å²) in [5, 5.41) is 0.762. The maximum atomic E-state index is 12.7. The average Bonchev–Trinajstić information content (AvgIpc) is 2.49. The minimum atomic E-state index is -3.98. The molecule has 4 nitrogen and oxygen atoms in total. The van der Waals surface area contributed by atoms with Gasteiger partial charge in [-0.15, -0.1) is 0 Å². The van der Waals surface area contributed by atoms with Crippen LogP contribution in [0.4, 0.5) is 0 Å². The Bertz CT molecular complexity index is 1000. The number of hydrogen-bond donors (Lipinski definition) is 0. The molecule has 0 amide bonds. The number of hydrogen-bond acceptors (Lipinski definition) is 4. The third-order valence-electron chi connectivity index (χ3n) is 3.37. The zero-order chi connectivity index (χ0) is 16.6. The first-order valence-electron chi connectivity index (χ1n) is 6.93. The van der Waals surface area contributed by atoms with E-state index in [2.05, 4.69) is 20.9 Å². The number of benzene rings is 2. The van der Waals surface area contributed by atoms with Crippen LogP contribution in [0.5, 0.6) is 5.75 Å². The zero-order valence-corrected chi connectivity index (χ0v) is 15.0. The zero-order valence-electron chi connectivity index (χ0n) is 12.6. The molecule has 0 N–H and O–H groups in total. The van der Waals surface area contributed by atoms with E-state index in [1.54, 1.807) is 30.5 Å². The minimum Gasteiger partial charge on any atom is -0.378 e. The summed E-state index contributed by atoms with van der Waals surface area (Å²) in [6, 6.07) is 12.1. The van der Waals surface area contributed by atoms with Crippen LogP contribution in [0.2, 0.25) is 0 Å². The summed E-state index contributed by atoms with van der Waals surface area (Å²) in [4.78, 5) is 4.31. The Hall–Kier alpha value is -1.92. The molecule has 118 valence electrons. The first-order valence-corrected chi connectivity index (χ1v) is 9.13. The second kappa shape index (κ2) is 5.94. The van der Waals surface area contributed by atoms with Gasteiger partial charge < -0.3 is 4.18 Å². The van der Waals surface area contributed by atoms with Crippen molar-refractivity contribution in [2.45, 2.75) is 18.7 Å². The van der Waals surface area contributed by atoms with Crippen LogP contribution in [-0.2, 0) is 10.1 Å². The minimum absolute atomic E-state index is 0.0578. The number of para-hydroxylation sites is 1. The van der Waals surface area contributed by atoms with Gasteiger partial charge in [0.1, 0.15) is 4.90 Å². The number of rotatable bonds is 3. The Labute approximate surface area is 143 Å². The molecular weight excluding hydrogens is 378 g/mol. The van der Waals surface area contributed by atoms with Gasteiger partial charge in [0.15, 0.2) is 5.75 Å². The second-order valence-electron chi connectivity index (χ2n) is 5.31. The second-order valence-corrected chi connectivity index (χ2v) is 7.68. The topological polar surface area (TPSA) is 56.3 Å². The summed E-state index contributed by atoms with van der Waals surface area (Å²) in [6.07, 6.45) is 1.64. The van der Waals surface area contributed by atoms with Crippen molar-refractivity contribution in [3.8, 4) is 5.75 Å². The molecule has 0 fully saturated rings. The molecule has 3 rings (SSSR count). The Kier molecular flexibility index (Phi) is 4.12. The largest absolute Gasteiger partial charge is 0.378 e. The summed E-state index contributed by atoms with van der Waals surface area (Å²) >= 11 is 3.33. The molecule has 0 bridgehead atoms. The van der Waals surface area contributed by atoms with E-state index >= 15 is 0 Å². The molecule has 0 spiro atoms. The highest BCUT2D eigenvalue weighted by molar-refractivity contribution is 9.10. The van der Waals surface area contributed by atoms with Gasteiger partial charge in [-0.05, 0) is 65.2 Å². The molecule has 0 aliphatic heterocycles. The molecule has 3 aromatic rings. The van der Waals surface area contributed by atoms with Gasteiger partial charge in [-0.1, -0.05) is 18.2 Å². The Morgan fingerprint density at radius 2 is 1.83 bits per heavy atom. The van der Waals surface area contributed by atoms with Crippen LogP contribution >= 0.6 is 15.9 Å². The number of nitrogens with zero attached hydrogens (tertiary/aromatic N) is 1. The molecule has 0 atom stereocenters. The van der Waals surface area contributed by atoms with E-state index in [0.29, 0.717) is 9.99 Å². The fourth-order valence-corrected chi connectivity index (χ4v) is 4.09. The van der Waals surface area contributed by atoms with Gasteiger partial charge in [-0.25, -0.2) is 0 Å². The Balaban J connectivity index is 2.10. The Morgan fingerprint density at radius 3 is 2.57 bits per heavy atom. The lowest BCUT2D eigenvalue weighted by Gasteiger charge is -2.11. The molecule has 0 aliphatic rings.